The normalized spacial score (nSPS) is 14.2. The van der Waals surface area contributed by atoms with E-state index < -0.39 is 0 Å². The molecule has 0 radical (unpaired) electrons. The van der Waals surface area contributed by atoms with Crippen molar-refractivity contribution in [2.24, 2.45) is 0 Å². The fraction of sp³-hybridized carbons (Fsp3) is 0.364. The summed E-state index contributed by atoms with van der Waals surface area (Å²) in [6, 6.07) is 53.9. The summed E-state index contributed by atoms with van der Waals surface area (Å²) in [5.41, 5.74) is 24.0. The number of hydrogen-bond acceptors (Lipinski definition) is 0. The summed E-state index contributed by atoms with van der Waals surface area (Å²) < 4.78 is 0. The van der Waals surface area contributed by atoms with E-state index in [4.69, 9.17) is 69.6 Å². The molecule has 0 saturated carbocycles. The van der Waals surface area contributed by atoms with Gasteiger partial charge in [0.15, 0.2) is 0 Å². The Hall–Kier alpha value is -3.72. The fourth-order valence-corrected chi connectivity index (χ4v) is 11.1. The van der Waals surface area contributed by atoms with E-state index in [9.17, 15) is 0 Å². The van der Waals surface area contributed by atoms with Gasteiger partial charge in [-0.2, -0.15) is 0 Å². The second kappa shape index (κ2) is 27.2. The molecule has 0 aromatic heterocycles. The maximum Gasteiger partial charge on any atom is 0.0557 e. The second-order valence-electron chi connectivity index (χ2n) is 20.0. The standard InChI is InChI=1S/C66H72Cl6/c1-43(67)55-25-7-49(8-26-55)19-37-61-62(38-20-50-9-27-56(28-10-50)44(2)68)64(40-22-52-13-31-58(32-14-52)46(4)70)66(42-24-54-17-35-60(36-18-54)48(6)72)65(41-23-53-15-33-59(34-16-53)47(5)71)63(61)39-21-51-11-29-57(30-12-51)45(3)69/h7-18,25-36,43-48H,19-24,37-42H2,1-6H3. The fourth-order valence-electron chi connectivity index (χ4n) is 10.2. The zero-order valence-corrected chi connectivity index (χ0v) is 47.6. The first-order chi connectivity index (χ1) is 34.6. The van der Waals surface area contributed by atoms with Gasteiger partial charge in [-0.25, -0.2) is 0 Å². The van der Waals surface area contributed by atoms with E-state index in [0.29, 0.717) is 0 Å². The molecule has 0 spiro atoms. The molecule has 0 N–H and O–H groups in total. The van der Waals surface area contributed by atoms with Crippen LogP contribution in [0.2, 0.25) is 0 Å². The molecule has 7 rings (SSSR count). The predicted octanol–water partition coefficient (Wildman–Crippen LogP) is 20.2. The van der Waals surface area contributed by atoms with Crippen LogP contribution < -0.4 is 0 Å². The molecule has 0 heterocycles. The van der Waals surface area contributed by atoms with Gasteiger partial charge in [0.05, 0.1) is 32.3 Å². The van der Waals surface area contributed by atoms with Gasteiger partial charge in [0.2, 0.25) is 0 Å². The van der Waals surface area contributed by atoms with E-state index in [-0.39, 0.29) is 32.3 Å². The third-order valence-corrected chi connectivity index (χ3v) is 16.3. The topological polar surface area (TPSA) is 0 Å². The van der Waals surface area contributed by atoms with Crippen molar-refractivity contribution in [1.82, 2.24) is 0 Å². The summed E-state index contributed by atoms with van der Waals surface area (Å²) >= 11 is 39.5. The SMILES string of the molecule is CC(Cl)c1ccc(CCc2c(CCc3ccc(C(C)Cl)cc3)c(CCc3ccc(C(C)Cl)cc3)c(CCc3ccc(C(C)Cl)cc3)c(CCc3ccc(C(C)Cl)cc3)c2CCc2ccc(C(C)Cl)cc2)cc1. The number of benzene rings is 7. The Labute approximate surface area is 462 Å². The van der Waals surface area contributed by atoms with Crippen LogP contribution in [0.3, 0.4) is 0 Å². The van der Waals surface area contributed by atoms with Gasteiger partial charge in [0, 0.05) is 0 Å². The maximum atomic E-state index is 6.58. The Kier molecular flexibility index (Phi) is 21.1. The van der Waals surface area contributed by atoms with Gasteiger partial charge >= 0.3 is 0 Å². The second-order valence-corrected chi connectivity index (χ2v) is 23.9. The van der Waals surface area contributed by atoms with Gasteiger partial charge < -0.3 is 0 Å². The zero-order valence-electron chi connectivity index (χ0n) is 43.1. The Bertz CT molecular complexity index is 2230. The van der Waals surface area contributed by atoms with Crippen molar-refractivity contribution in [3.63, 3.8) is 0 Å². The molecule has 0 nitrogen and oxygen atoms in total. The number of rotatable bonds is 24. The first-order valence-electron chi connectivity index (χ1n) is 26.2. The van der Waals surface area contributed by atoms with Crippen molar-refractivity contribution in [1.29, 1.82) is 0 Å². The van der Waals surface area contributed by atoms with Gasteiger partial charge in [-0.05, 0) is 219 Å². The minimum absolute atomic E-state index is 0.0377. The highest BCUT2D eigenvalue weighted by Crippen LogP contribution is 2.37. The highest BCUT2D eigenvalue weighted by Gasteiger charge is 2.25. The highest BCUT2D eigenvalue weighted by molar-refractivity contribution is 6.21. The third kappa shape index (κ3) is 15.7. The summed E-state index contributed by atoms with van der Waals surface area (Å²) in [5.74, 6) is 0. The molecular weight excluding hydrogens is 1010 g/mol. The Morgan fingerprint density at radius 2 is 0.306 bits per heavy atom. The van der Waals surface area contributed by atoms with Gasteiger partial charge in [0.25, 0.3) is 0 Å². The number of aryl methyl sites for hydroxylation is 6. The Morgan fingerprint density at radius 3 is 0.403 bits per heavy atom. The first-order valence-corrected chi connectivity index (χ1v) is 28.8. The van der Waals surface area contributed by atoms with Crippen LogP contribution >= 0.6 is 69.6 Å². The molecular formula is C66H72Cl6. The lowest BCUT2D eigenvalue weighted by Crippen LogP contribution is -2.18. The minimum Gasteiger partial charge on any atom is -0.118 e. The molecule has 378 valence electrons. The molecule has 7 aromatic rings. The van der Waals surface area contributed by atoms with E-state index in [1.165, 1.54) is 66.8 Å². The van der Waals surface area contributed by atoms with Gasteiger partial charge in [-0.1, -0.05) is 146 Å². The van der Waals surface area contributed by atoms with Crippen molar-refractivity contribution in [3.8, 4) is 0 Å². The number of alkyl halides is 6. The molecule has 7 aromatic carbocycles. The van der Waals surface area contributed by atoms with E-state index in [2.05, 4.69) is 146 Å². The van der Waals surface area contributed by atoms with E-state index in [0.717, 1.165) is 110 Å². The maximum absolute atomic E-state index is 6.58. The molecule has 0 aliphatic rings. The molecule has 0 amide bonds. The first kappa shape index (κ1) is 56.0. The van der Waals surface area contributed by atoms with Crippen molar-refractivity contribution in [2.45, 2.75) is 151 Å². The summed E-state index contributed by atoms with van der Waals surface area (Å²) in [7, 11) is 0. The van der Waals surface area contributed by atoms with E-state index >= 15 is 0 Å². The monoisotopic (exact) mass is 1070 g/mol. The average Bonchev–Trinajstić information content (AvgIpc) is 3.38. The lowest BCUT2D eigenvalue weighted by Gasteiger charge is -2.28. The van der Waals surface area contributed by atoms with Gasteiger partial charge in [-0.15, -0.1) is 69.6 Å². The molecule has 0 aliphatic heterocycles. The van der Waals surface area contributed by atoms with Crippen LogP contribution in [0.15, 0.2) is 146 Å². The summed E-state index contributed by atoms with van der Waals surface area (Å²) in [5, 5.41) is -0.226. The third-order valence-electron chi connectivity index (χ3n) is 14.8. The Morgan fingerprint density at radius 1 is 0.194 bits per heavy atom. The van der Waals surface area contributed by atoms with E-state index in [1.54, 1.807) is 0 Å². The molecule has 0 fully saturated rings. The molecule has 72 heavy (non-hydrogen) atoms. The molecule has 6 heteroatoms. The summed E-state index contributed by atoms with van der Waals surface area (Å²) in [6.45, 7) is 12.3. The average molecular weight is 1080 g/mol. The van der Waals surface area contributed by atoms with Crippen molar-refractivity contribution >= 4 is 69.6 Å². The minimum atomic E-state index is -0.0377. The number of halogens is 6. The molecule has 0 saturated heterocycles. The van der Waals surface area contributed by atoms with Crippen LogP contribution in [0.1, 0.15) is 174 Å². The van der Waals surface area contributed by atoms with Crippen LogP contribution in [-0.4, -0.2) is 0 Å². The van der Waals surface area contributed by atoms with Crippen molar-refractivity contribution < 1.29 is 0 Å². The van der Waals surface area contributed by atoms with Crippen LogP contribution in [0, 0.1) is 0 Å². The zero-order chi connectivity index (χ0) is 51.3. The quantitative estimate of drug-likeness (QED) is 0.0529. The number of hydrogen-bond donors (Lipinski definition) is 0. The Balaban J connectivity index is 1.44. The van der Waals surface area contributed by atoms with Crippen molar-refractivity contribution in [3.05, 3.63) is 246 Å². The lowest BCUT2D eigenvalue weighted by atomic mass is 9.76. The summed E-state index contributed by atoms with van der Waals surface area (Å²) in [4.78, 5) is 0. The van der Waals surface area contributed by atoms with Crippen LogP contribution in [-0.2, 0) is 77.0 Å². The molecule has 0 bridgehead atoms. The van der Waals surface area contributed by atoms with Crippen LogP contribution in [0.25, 0.3) is 0 Å². The van der Waals surface area contributed by atoms with Crippen LogP contribution in [0.5, 0.6) is 0 Å². The lowest BCUT2D eigenvalue weighted by molar-refractivity contribution is 0.776. The van der Waals surface area contributed by atoms with Crippen molar-refractivity contribution in [2.75, 3.05) is 0 Å². The van der Waals surface area contributed by atoms with Crippen LogP contribution in [0.4, 0.5) is 0 Å². The summed E-state index contributed by atoms with van der Waals surface area (Å²) in [6.07, 6.45) is 11.2. The van der Waals surface area contributed by atoms with Gasteiger partial charge in [0.1, 0.15) is 0 Å². The van der Waals surface area contributed by atoms with Gasteiger partial charge in [-0.3, -0.25) is 0 Å². The highest BCUT2D eigenvalue weighted by atomic mass is 35.5. The van der Waals surface area contributed by atoms with E-state index in [1.807, 2.05) is 41.5 Å². The molecule has 6 atom stereocenters. The largest absolute Gasteiger partial charge is 0.118 e. The molecule has 0 aliphatic carbocycles. The smallest absolute Gasteiger partial charge is 0.0557 e. The predicted molar refractivity (Wildman–Crippen MR) is 315 cm³/mol. The molecule has 6 unspecified atom stereocenters.